The van der Waals surface area contributed by atoms with Gasteiger partial charge in [0.2, 0.25) is 5.91 Å². The van der Waals surface area contributed by atoms with Gasteiger partial charge < -0.3 is 10.2 Å². The van der Waals surface area contributed by atoms with Crippen LogP contribution in [-0.4, -0.2) is 18.5 Å². The van der Waals surface area contributed by atoms with E-state index in [1.807, 2.05) is 0 Å². The van der Waals surface area contributed by atoms with Crippen LogP contribution in [0.4, 0.5) is 24.5 Å². The van der Waals surface area contributed by atoms with Crippen molar-refractivity contribution in [2.45, 2.75) is 31.0 Å². The van der Waals surface area contributed by atoms with E-state index in [1.54, 1.807) is 18.0 Å². The summed E-state index contributed by atoms with van der Waals surface area (Å²) in [6.07, 6.45) is -2.17. The highest BCUT2D eigenvalue weighted by molar-refractivity contribution is 6.08. The van der Waals surface area contributed by atoms with Gasteiger partial charge in [0.25, 0.3) is 0 Å². The van der Waals surface area contributed by atoms with Crippen LogP contribution in [0.1, 0.15) is 24.8 Å². The molecule has 2 aliphatic rings. The molecule has 0 saturated heterocycles. The number of halogens is 3. The molecular formula is C13H13F3N2O. The lowest BCUT2D eigenvalue weighted by atomic mass is 9.73. The number of hydrogen-bond acceptors (Lipinski definition) is 2. The third-order valence-electron chi connectivity index (χ3n) is 4.19. The van der Waals surface area contributed by atoms with Crippen LogP contribution in [0.15, 0.2) is 18.2 Å². The molecule has 1 fully saturated rings. The molecule has 6 heteroatoms. The maximum atomic E-state index is 12.9. The van der Waals surface area contributed by atoms with E-state index in [2.05, 4.69) is 5.32 Å². The van der Waals surface area contributed by atoms with Crippen molar-refractivity contribution in [1.82, 2.24) is 0 Å². The van der Waals surface area contributed by atoms with Crippen molar-refractivity contribution in [3.63, 3.8) is 0 Å². The first kappa shape index (κ1) is 12.3. The highest BCUT2D eigenvalue weighted by Crippen LogP contribution is 2.49. The minimum atomic E-state index is -4.47. The third kappa shape index (κ3) is 1.55. The van der Waals surface area contributed by atoms with Crippen molar-refractivity contribution in [3.8, 4) is 0 Å². The second-order valence-electron chi connectivity index (χ2n) is 5.10. The fraction of sp³-hybridized carbons (Fsp3) is 0.462. The van der Waals surface area contributed by atoms with Gasteiger partial charge in [0.15, 0.2) is 0 Å². The zero-order valence-corrected chi connectivity index (χ0v) is 10.3. The summed E-state index contributed by atoms with van der Waals surface area (Å²) < 4.78 is 38.8. The van der Waals surface area contributed by atoms with Gasteiger partial charge in [0.05, 0.1) is 16.9 Å². The predicted molar refractivity (Wildman–Crippen MR) is 65.1 cm³/mol. The van der Waals surface area contributed by atoms with Crippen LogP contribution in [-0.2, 0) is 11.0 Å². The van der Waals surface area contributed by atoms with Gasteiger partial charge in [0.1, 0.15) is 5.54 Å². The number of para-hydroxylation sites is 1. The molecule has 1 aromatic rings. The second kappa shape index (κ2) is 3.65. The number of rotatable bonds is 0. The Balaban J connectivity index is 2.14. The summed E-state index contributed by atoms with van der Waals surface area (Å²) in [7, 11) is 1.69. The predicted octanol–water partition coefficient (Wildman–Crippen LogP) is 3.02. The van der Waals surface area contributed by atoms with E-state index in [9.17, 15) is 18.0 Å². The first-order valence-electron chi connectivity index (χ1n) is 6.12. The van der Waals surface area contributed by atoms with Crippen LogP contribution in [0.25, 0.3) is 0 Å². The standard InChI is InChI=1S/C13H13F3N2O/c1-18-9-5-2-4-8(13(14,15)16)10(9)17-11(19)12(18)6-3-7-12/h2,4-5H,3,6-7H2,1H3,(H,17,19). The fourth-order valence-electron chi connectivity index (χ4n) is 2.87. The number of fused-ring (bicyclic) bond motifs is 1. The Morgan fingerprint density at radius 2 is 2.00 bits per heavy atom. The number of anilines is 2. The van der Waals surface area contributed by atoms with Gasteiger partial charge in [-0.2, -0.15) is 13.2 Å². The van der Waals surface area contributed by atoms with Crippen LogP contribution in [0.5, 0.6) is 0 Å². The molecule has 1 aliphatic heterocycles. The van der Waals surface area contributed by atoms with E-state index in [0.29, 0.717) is 18.5 Å². The lowest BCUT2D eigenvalue weighted by Crippen LogP contribution is -2.62. The Morgan fingerprint density at radius 1 is 1.32 bits per heavy atom. The van der Waals surface area contributed by atoms with E-state index < -0.39 is 17.3 Å². The molecule has 1 aliphatic carbocycles. The first-order valence-corrected chi connectivity index (χ1v) is 6.12. The first-order chi connectivity index (χ1) is 8.86. The summed E-state index contributed by atoms with van der Waals surface area (Å²) >= 11 is 0. The van der Waals surface area contributed by atoms with E-state index in [-0.39, 0.29) is 11.6 Å². The molecule has 1 aromatic carbocycles. The molecule has 3 rings (SSSR count). The molecule has 0 bridgehead atoms. The Morgan fingerprint density at radius 3 is 2.53 bits per heavy atom. The normalized spacial score (nSPS) is 20.8. The molecule has 1 spiro atoms. The van der Waals surface area contributed by atoms with E-state index in [0.717, 1.165) is 12.5 Å². The maximum Gasteiger partial charge on any atom is 0.418 e. The Kier molecular flexibility index (Phi) is 2.37. The summed E-state index contributed by atoms with van der Waals surface area (Å²) in [4.78, 5) is 13.8. The third-order valence-corrected chi connectivity index (χ3v) is 4.19. The van der Waals surface area contributed by atoms with E-state index in [1.165, 1.54) is 6.07 Å². The number of alkyl halides is 3. The summed E-state index contributed by atoms with van der Waals surface area (Å²) in [6, 6.07) is 3.98. The van der Waals surface area contributed by atoms with Gasteiger partial charge in [-0.15, -0.1) is 0 Å². The smallest absolute Gasteiger partial charge is 0.358 e. The lowest BCUT2D eigenvalue weighted by molar-refractivity contribution is -0.137. The molecule has 1 saturated carbocycles. The van der Waals surface area contributed by atoms with Crippen LogP contribution in [0, 0.1) is 0 Å². The van der Waals surface area contributed by atoms with Crippen LogP contribution < -0.4 is 10.2 Å². The van der Waals surface area contributed by atoms with Crippen molar-refractivity contribution in [2.75, 3.05) is 17.3 Å². The summed E-state index contributed by atoms with van der Waals surface area (Å²) in [6.45, 7) is 0. The van der Waals surface area contributed by atoms with Gasteiger partial charge in [0, 0.05) is 7.05 Å². The SMILES string of the molecule is CN1c2cccc(C(F)(F)F)c2NC(=O)C12CCC2. The fourth-order valence-corrected chi connectivity index (χ4v) is 2.87. The number of likely N-dealkylation sites (N-methyl/N-ethyl adjacent to an activating group) is 1. The van der Waals surface area contributed by atoms with Crippen LogP contribution in [0.2, 0.25) is 0 Å². The van der Waals surface area contributed by atoms with Gasteiger partial charge >= 0.3 is 6.18 Å². The van der Waals surface area contributed by atoms with Crippen molar-refractivity contribution in [1.29, 1.82) is 0 Å². The van der Waals surface area contributed by atoms with Gasteiger partial charge in [-0.05, 0) is 31.4 Å². The average Bonchev–Trinajstić information content (AvgIpc) is 2.25. The number of hydrogen-bond donors (Lipinski definition) is 1. The average molecular weight is 270 g/mol. The van der Waals surface area contributed by atoms with Crippen LogP contribution in [0.3, 0.4) is 0 Å². The largest absolute Gasteiger partial charge is 0.418 e. The minimum Gasteiger partial charge on any atom is -0.358 e. The van der Waals surface area contributed by atoms with Crippen molar-refractivity contribution < 1.29 is 18.0 Å². The molecule has 102 valence electrons. The monoisotopic (exact) mass is 270 g/mol. The number of benzene rings is 1. The lowest BCUT2D eigenvalue weighted by Gasteiger charge is -2.51. The summed E-state index contributed by atoms with van der Waals surface area (Å²) in [5.41, 5.74) is -1.13. The quantitative estimate of drug-likeness (QED) is 0.786. The van der Waals surface area contributed by atoms with Crippen LogP contribution >= 0.6 is 0 Å². The van der Waals surface area contributed by atoms with Gasteiger partial charge in [-0.3, -0.25) is 4.79 Å². The number of nitrogens with zero attached hydrogens (tertiary/aromatic N) is 1. The highest BCUT2D eigenvalue weighted by Gasteiger charge is 2.52. The van der Waals surface area contributed by atoms with E-state index >= 15 is 0 Å². The summed E-state index contributed by atoms with van der Waals surface area (Å²) in [5.74, 6) is -0.328. The number of carbonyl (C=O) groups is 1. The molecule has 0 aromatic heterocycles. The molecule has 1 amide bonds. The van der Waals surface area contributed by atoms with Crippen molar-refractivity contribution >= 4 is 17.3 Å². The molecule has 0 unspecified atom stereocenters. The minimum absolute atomic E-state index is 0.125. The Hall–Kier alpha value is -1.72. The highest BCUT2D eigenvalue weighted by atomic mass is 19.4. The summed E-state index contributed by atoms with van der Waals surface area (Å²) in [5, 5.41) is 2.46. The van der Waals surface area contributed by atoms with Gasteiger partial charge in [-0.1, -0.05) is 6.07 Å². The number of carbonyl (C=O) groups excluding carboxylic acids is 1. The number of amides is 1. The zero-order chi connectivity index (χ0) is 13.8. The maximum absolute atomic E-state index is 12.9. The zero-order valence-electron chi connectivity index (χ0n) is 10.3. The Labute approximate surface area is 108 Å². The molecule has 3 nitrogen and oxygen atoms in total. The molecule has 0 atom stereocenters. The molecule has 19 heavy (non-hydrogen) atoms. The Bertz CT molecular complexity index is 549. The molecule has 1 heterocycles. The van der Waals surface area contributed by atoms with Crippen molar-refractivity contribution in [3.05, 3.63) is 23.8 Å². The topological polar surface area (TPSA) is 32.3 Å². The molecule has 0 radical (unpaired) electrons. The molecular weight excluding hydrogens is 257 g/mol. The van der Waals surface area contributed by atoms with Gasteiger partial charge in [-0.25, -0.2) is 0 Å². The molecule has 1 N–H and O–H groups in total. The second-order valence-corrected chi connectivity index (χ2v) is 5.10. The van der Waals surface area contributed by atoms with E-state index in [4.69, 9.17) is 0 Å². The number of nitrogens with one attached hydrogen (secondary N) is 1. The van der Waals surface area contributed by atoms with Crippen molar-refractivity contribution in [2.24, 2.45) is 0 Å².